The van der Waals surface area contributed by atoms with E-state index in [0.717, 1.165) is 37.3 Å². The molecule has 0 amide bonds. The molecule has 4 rings (SSSR count). The molecule has 2 atom stereocenters. The van der Waals surface area contributed by atoms with Gasteiger partial charge in [0.2, 0.25) is 0 Å². The maximum absolute atomic E-state index is 12.0. The molecule has 3 aliphatic rings. The number of hydrogen-bond donors (Lipinski definition) is 1. The van der Waals surface area contributed by atoms with E-state index < -0.39 is 9.84 Å². The molecule has 0 aromatic heterocycles. The molecule has 1 aromatic rings. The Balaban J connectivity index is 0.00000182. The summed E-state index contributed by atoms with van der Waals surface area (Å²) < 4.78 is 24.1. The Kier molecular flexibility index (Phi) is 5.63. The third-order valence-electron chi connectivity index (χ3n) is 4.98. The number of amidine groups is 1. The summed E-state index contributed by atoms with van der Waals surface area (Å²) in [4.78, 5) is 4.24. The fourth-order valence-corrected chi connectivity index (χ4v) is 7.83. The Morgan fingerprint density at radius 2 is 1.84 bits per heavy atom. The van der Waals surface area contributed by atoms with Crippen LogP contribution in [0.15, 0.2) is 18.2 Å². The summed E-state index contributed by atoms with van der Waals surface area (Å²) >= 11 is 7.62. The first kappa shape index (κ1) is 19.3. The average molecular weight is 467 g/mol. The molecule has 5 nitrogen and oxygen atoms in total. The average Bonchev–Trinajstić information content (AvgIpc) is 2.98. The number of sulfone groups is 1. The molecule has 0 radical (unpaired) electrons. The third kappa shape index (κ3) is 3.68. The summed E-state index contributed by atoms with van der Waals surface area (Å²) in [6.07, 6.45) is 3.54. The lowest BCUT2D eigenvalue weighted by Crippen LogP contribution is -2.39. The van der Waals surface area contributed by atoms with Gasteiger partial charge in [0.05, 0.1) is 28.9 Å². The van der Waals surface area contributed by atoms with Gasteiger partial charge in [-0.3, -0.25) is 5.41 Å². The van der Waals surface area contributed by atoms with E-state index in [1.165, 1.54) is 18.2 Å². The molecule has 0 spiro atoms. The van der Waals surface area contributed by atoms with Crippen LogP contribution < -0.4 is 9.80 Å². The van der Waals surface area contributed by atoms with Gasteiger partial charge in [0.15, 0.2) is 15.0 Å². The van der Waals surface area contributed by atoms with E-state index in [0.29, 0.717) is 10.2 Å². The molecule has 1 N–H and O–H groups in total. The van der Waals surface area contributed by atoms with E-state index in [4.69, 9.17) is 17.0 Å². The maximum atomic E-state index is 12.0. The Labute approximate surface area is 168 Å². The lowest BCUT2D eigenvalue weighted by molar-refractivity contribution is 0.577. The molecule has 0 unspecified atom stereocenters. The van der Waals surface area contributed by atoms with Crippen LogP contribution in [0.25, 0.3) is 0 Å². The number of rotatable bonds is 2. The molecule has 0 aliphatic carbocycles. The predicted octanol–water partition coefficient (Wildman–Crippen LogP) is 3.56. The summed E-state index contributed by atoms with van der Waals surface area (Å²) in [7, 11) is -3.01. The molecule has 138 valence electrons. The second kappa shape index (κ2) is 7.29. The Morgan fingerprint density at radius 1 is 1.12 bits per heavy atom. The molecule has 3 aliphatic heterocycles. The highest BCUT2D eigenvalue weighted by molar-refractivity contribution is 8.93. The number of hydrogen-bond acceptors (Lipinski definition) is 5. The van der Waals surface area contributed by atoms with Gasteiger partial charge in [0.1, 0.15) is 0 Å². The van der Waals surface area contributed by atoms with Gasteiger partial charge >= 0.3 is 0 Å². The maximum Gasteiger partial charge on any atom is 0.161 e. The van der Waals surface area contributed by atoms with E-state index >= 15 is 0 Å². The second-order valence-electron chi connectivity index (χ2n) is 6.66. The molecule has 3 heterocycles. The zero-order chi connectivity index (χ0) is 16.9. The first-order valence-electron chi connectivity index (χ1n) is 8.24. The molecule has 25 heavy (non-hydrogen) atoms. The summed E-state index contributed by atoms with van der Waals surface area (Å²) in [6, 6.07) is 5.59. The highest BCUT2D eigenvalue weighted by Gasteiger charge is 2.49. The highest BCUT2D eigenvalue weighted by Crippen LogP contribution is 2.44. The molecular formula is C16H21BrClN3O2S2. The van der Waals surface area contributed by atoms with Crippen LogP contribution in [0.4, 0.5) is 11.4 Å². The number of thioether (sulfide) groups is 1. The molecule has 0 bridgehead atoms. The van der Waals surface area contributed by atoms with Crippen molar-refractivity contribution in [1.29, 1.82) is 5.41 Å². The highest BCUT2D eigenvalue weighted by atomic mass is 79.9. The minimum atomic E-state index is -3.01. The Morgan fingerprint density at radius 3 is 2.56 bits per heavy atom. The van der Waals surface area contributed by atoms with E-state index in [9.17, 15) is 8.42 Å². The van der Waals surface area contributed by atoms with Gasteiger partial charge in [-0.1, -0.05) is 23.4 Å². The van der Waals surface area contributed by atoms with E-state index in [-0.39, 0.29) is 39.8 Å². The first-order chi connectivity index (χ1) is 11.4. The summed E-state index contributed by atoms with van der Waals surface area (Å²) in [5, 5.41) is 9.46. The van der Waals surface area contributed by atoms with Crippen molar-refractivity contribution in [3.05, 3.63) is 23.2 Å². The molecule has 3 saturated heterocycles. The van der Waals surface area contributed by atoms with Crippen LogP contribution in [-0.4, -0.2) is 49.5 Å². The van der Waals surface area contributed by atoms with Crippen molar-refractivity contribution >= 4 is 66.7 Å². The van der Waals surface area contributed by atoms with Crippen LogP contribution in [0, 0.1) is 5.41 Å². The van der Waals surface area contributed by atoms with E-state index in [2.05, 4.69) is 4.90 Å². The number of nitrogens with one attached hydrogen (secondary N) is 1. The van der Waals surface area contributed by atoms with Crippen LogP contribution in [0.1, 0.15) is 19.3 Å². The third-order valence-corrected chi connectivity index (χ3v) is 8.35. The van der Waals surface area contributed by atoms with Crippen molar-refractivity contribution in [3.8, 4) is 0 Å². The largest absolute Gasteiger partial charge is 0.370 e. The van der Waals surface area contributed by atoms with E-state index in [1.54, 1.807) is 0 Å². The number of nitrogens with zero attached hydrogens (tertiary/aromatic N) is 2. The van der Waals surface area contributed by atoms with Gasteiger partial charge in [-0.25, -0.2) is 8.42 Å². The van der Waals surface area contributed by atoms with Crippen LogP contribution in [0.3, 0.4) is 0 Å². The number of piperidine rings is 1. The summed E-state index contributed by atoms with van der Waals surface area (Å²) in [5.74, 6) is 0.308. The fourth-order valence-electron chi connectivity index (χ4n) is 3.88. The van der Waals surface area contributed by atoms with Crippen LogP contribution >= 0.6 is 40.3 Å². The summed E-state index contributed by atoms with van der Waals surface area (Å²) in [6.45, 7) is 1.96. The Bertz CT molecular complexity index is 784. The predicted molar refractivity (Wildman–Crippen MR) is 112 cm³/mol. The zero-order valence-corrected chi connectivity index (χ0v) is 17.8. The van der Waals surface area contributed by atoms with Gasteiger partial charge in [-0.2, -0.15) is 0 Å². The number of halogens is 2. The Hall–Kier alpha value is -0.440. The molecule has 0 saturated carbocycles. The number of anilines is 2. The lowest BCUT2D eigenvalue weighted by atomic mass is 10.1. The minimum absolute atomic E-state index is 0. The zero-order valence-electron chi connectivity index (χ0n) is 13.7. The number of fused-ring (bicyclic) bond motifs is 1. The quantitative estimate of drug-likeness (QED) is 0.722. The van der Waals surface area contributed by atoms with Crippen LogP contribution in [0.5, 0.6) is 0 Å². The minimum Gasteiger partial charge on any atom is -0.370 e. The fraction of sp³-hybridized carbons (Fsp3) is 0.562. The molecule has 3 fully saturated rings. The topological polar surface area (TPSA) is 64.5 Å². The van der Waals surface area contributed by atoms with Gasteiger partial charge < -0.3 is 9.80 Å². The monoisotopic (exact) mass is 465 g/mol. The molecule has 1 aromatic carbocycles. The molecule has 9 heteroatoms. The second-order valence-corrected chi connectivity index (χ2v) is 10.5. The smallest absolute Gasteiger partial charge is 0.161 e. The standard InChI is InChI=1S/C16H20ClN3O2S2.BrH/c17-11-4-5-12(13(8-11)19-6-2-1-3-7-19)20-14-9-24(21,22)10-15(14)23-16(20)18;/h4-5,8,14-15,18H,1-3,6-7,9-10H2;1H/t14-,15+;/m1./s1. The van der Waals surface area contributed by atoms with Crippen molar-refractivity contribution in [2.75, 3.05) is 34.4 Å². The molecular weight excluding hydrogens is 446 g/mol. The van der Waals surface area contributed by atoms with Crippen molar-refractivity contribution in [2.45, 2.75) is 30.6 Å². The van der Waals surface area contributed by atoms with Gasteiger partial charge in [0.25, 0.3) is 0 Å². The van der Waals surface area contributed by atoms with Crippen molar-refractivity contribution in [3.63, 3.8) is 0 Å². The van der Waals surface area contributed by atoms with Crippen molar-refractivity contribution in [1.82, 2.24) is 0 Å². The summed E-state index contributed by atoms with van der Waals surface area (Å²) in [5.41, 5.74) is 1.95. The van der Waals surface area contributed by atoms with Gasteiger partial charge in [0, 0.05) is 23.4 Å². The lowest BCUT2D eigenvalue weighted by Gasteiger charge is -2.34. The van der Waals surface area contributed by atoms with Crippen molar-refractivity contribution in [2.24, 2.45) is 0 Å². The van der Waals surface area contributed by atoms with Crippen molar-refractivity contribution < 1.29 is 8.42 Å². The van der Waals surface area contributed by atoms with E-state index in [1.807, 2.05) is 23.1 Å². The number of benzene rings is 1. The normalized spacial score (nSPS) is 28.0. The first-order valence-corrected chi connectivity index (χ1v) is 11.3. The van der Waals surface area contributed by atoms with Gasteiger partial charge in [-0.05, 0) is 37.5 Å². The van der Waals surface area contributed by atoms with Crippen LogP contribution in [-0.2, 0) is 9.84 Å². The van der Waals surface area contributed by atoms with Gasteiger partial charge in [-0.15, -0.1) is 17.0 Å². The SMILES string of the molecule is Br.N=C1S[C@H]2CS(=O)(=O)C[C@H]2N1c1ccc(Cl)cc1N1CCCCC1. The van der Waals surface area contributed by atoms with Crippen LogP contribution in [0.2, 0.25) is 5.02 Å².